The van der Waals surface area contributed by atoms with E-state index in [1.165, 1.54) is 6.07 Å². The number of nitro groups is 1. The van der Waals surface area contributed by atoms with E-state index >= 15 is 0 Å². The third-order valence-electron chi connectivity index (χ3n) is 2.73. The van der Waals surface area contributed by atoms with Crippen LogP contribution in [0.15, 0.2) is 18.2 Å². The normalized spacial score (nSPS) is 11.5. The van der Waals surface area contributed by atoms with Gasteiger partial charge < -0.3 is 5.32 Å². The number of nitro benzene ring substituents is 1. The van der Waals surface area contributed by atoms with Crippen LogP contribution in [0, 0.1) is 17.0 Å². The Hall–Kier alpha value is -1.42. The molecule has 0 aromatic heterocycles. The Morgan fingerprint density at radius 3 is 2.47 bits per heavy atom. The quantitative estimate of drug-likeness (QED) is 0.612. The van der Waals surface area contributed by atoms with Crippen LogP contribution in [0.3, 0.4) is 0 Å². The molecule has 0 unspecified atom stereocenters. The van der Waals surface area contributed by atoms with E-state index < -0.39 is 0 Å². The lowest BCUT2D eigenvalue weighted by Crippen LogP contribution is -2.33. The van der Waals surface area contributed by atoms with Gasteiger partial charge in [0.2, 0.25) is 0 Å². The zero-order valence-corrected chi connectivity index (χ0v) is 9.50. The van der Waals surface area contributed by atoms with Crippen molar-refractivity contribution in [3.8, 4) is 0 Å². The molecular weight excluding hydrogens is 192 g/mol. The molecule has 1 rings (SSSR count). The van der Waals surface area contributed by atoms with Gasteiger partial charge in [0.1, 0.15) is 0 Å². The molecule has 4 heteroatoms. The molecule has 15 heavy (non-hydrogen) atoms. The first-order valence-electron chi connectivity index (χ1n) is 4.83. The van der Waals surface area contributed by atoms with Crippen molar-refractivity contribution >= 4 is 5.69 Å². The number of nitrogens with zero attached hydrogens (tertiary/aromatic N) is 1. The van der Waals surface area contributed by atoms with Crippen molar-refractivity contribution < 1.29 is 4.92 Å². The van der Waals surface area contributed by atoms with Gasteiger partial charge in [-0.1, -0.05) is 6.07 Å². The van der Waals surface area contributed by atoms with Crippen molar-refractivity contribution in [2.75, 3.05) is 7.05 Å². The van der Waals surface area contributed by atoms with Crippen molar-refractivity contribution in [3.63, 3.8) is 0 Å². The van der Waals surface area contributed by atoms with E-state index in [1.54, 1.807) is 12.1 Å². The van der Waals surface area contributed by atoms with Gasteiger partial charge in [0.25, 0.3) is 5.69 Å². The molecule has 0 aliphatic rings. The third-order valence-corrected chi connectivity index (χ3v) is 2.73. The standard InChI is InChI=1S/C11H16N2O2/c1-8-5-6-9(13(14)15)7-10(8)11(2,3)12-4/h5-7,12H,1-4H3. The molecule has 0 aliphatic heterocycles. The van der Waals surface area contributed by atoms with Crippen LogP contribution in [0.4, 0.5) is 5.69 Å². The highest BCUT2D eigenvalue weighted by molar-refractivity contribution is 5.42. The van der Waals surface area contributed by atoms with Crippen LogP contribution in [0.25, 0.3) is 0 Å². The molecule has 1 aromatic carbocycles. The minimum atomic E-state index is -0.366. The Bertz CT molecular complexity index is 386. The number of nitrogens with one attached hydrogen (secondary N) is 1. The molecule has 1 aromatic rings. The van der Waals surface area contributed by atoms with Crippen LogP contribution < -0.4 is 5.32 Å². The summed E-state index contributed by atoms with van der Waals surface area (Å²) in [5.74, 6) is 0. The van der Waals surface area contributed by atoms with Crippen LogP contribution >= 0.6 is 0 Å². The van der Waals surface area contributed by atoms with Gasteiger partial charge in [-0.05, 0) is 38.9 Å². The fourth-order valence-corrected chi connectivity index (χ4v) is 1.53. The summed E-state index contributed by atoms with van der Waals surface area (Å²) < 4.78 is 0. The van der Waals surface area contributed by atoms with E-state index in [0.717, 1.165) is 11.1 Å². The fraction of sp³-hybridized carbons (Fsp3) is 0.455. The van der Waals surface area contributed by atoms with E-state index in [9.17, 15) is 10.1 Å². The summed E-state index contributed by atoms with van der Waals surface area (Å²) >= 11 is 0. The Kier molecular flexibility index (Phi) is 3.09. The average Bonchev–Trinajstić information content (AvgIpc) is 2.17. The molecular formula is C11H16N2O2. The zero-order valence-electron chi connectivity index (χ0n) is 9.50. The van der Waals surface area contributed by atoms with Crippen molar-refractivity contribution in [1.29, 1.82) is 0 Å². The highest BCUT2D eigenvalue weighted by Crippen LogP contribution is 2.26. The molecule has 0 radical (unpaired) electrons. The number of non-ortho nitro benzene ring substituents is 1. The van der Waals surface area contributed by atoms with Crippen LogP contribution in [0.5, 0.6) is 0 Å². The van der Waals surface area contributed by atoms with Gasteiger partial charge in [-0.2, -0.15) is 0 Å². The van der Waals surface area contributed by atoms with E-state index in [0.29, 0.717) is 0 Å². The second-order valence-electron chi connectivity index (χ2n) is 4.13. The highest BCUT2D eigenvalue weighted by Gasteiger charge is 2.22. The predicted octanol–water partition coefficient (Wildman–Crippen LogP) is 2.36. The summed E-state index contributed by atoms with van der Waals surface area (Å²) in [6.45, 7) is 5.95. The van der Waals surface area contributed by atoms with Crippen molar-refractivity contribution in [2.45, 2.75) is 26.3 Å². The zero-order chi connectivity index (χ0) is 11.6. The SMILES string of the molecule is CNC(C)(C)c1cc([N+](=O)[O-])ccc1C. The van der Waals surface area contributed by atoms with Gasteiger partial charge >= 0.3 is 0 Å². The molecule has 0 spiro atoms. The summed E-state index contributed by atoms with van der Waals surface area (Å²) in [4.78, 5) is 10.3. The highest BCUT2D eigenvalue weighted by atomic mass is 16.6. The van der Waals surface area contributed by atoms with Gasteiger partial charge in [-0.15, -0.1) is 0 Å². The van der Waals surface area contributed by atoms with Gasteiger partial charge in [0.05, 0.1) is 4.92 Å². The van der Waals surface area contributed by atoms with Crippen molar-refractivity contribution in [1.82, 2.24) is 5.32 Å². The summed E-state index contributed by atoms with van der Waals surface area (Å²) in [5.41, 5.74) is 1.90. The van der Waals surface area contributed by atoms with E-state index in [1.807, 2.05) is 27.8 Å². The van der Waals surface area contributed by atoms with Crippen LogP contribution in [-0.2, 0) is 5.54 Å². The first-order chi connectivity index (χ1) is 6.88. The van der Waals surface area contributed by atoms with Crippen LogP contribution in [0.1, 0.15) is 25.0 Å². The molecule has 0 aliphatic carbocycles. The van der Waals surface area contributed by atoms with E-state index in [2.05, 4.69) is 5.32 Å². The topological polar surface area (TPSA) is 55.2 Å². The minimum Gasteiger partial charge on any atom is -0.311 e. The van der Waals surface area contributed by atoms with Gasteiger partial charge in [0, 0.05) is 17.7 Å². The first-order valence-corrected chi connectivity index (χ1v) is 4.83. The molecule has 4 nitrogen and oxygen atoms in total. The first kappa shape index (κ1) is 11.7. The van der Waals surface area contributed by atoms with E-state index in [-0.39, 0.29) is 16.1 Å². The average molecular weight is 208 g/mol. The fourth-order valence-electron chi connectivity index (χ4n) is 1.53. The number of aryl methyl sites for hydroxylation is 1. The molecule has 0 saturated carbocycles. The lowest BCUT2D eigenvalue weighted by atomic mass is 9.90. The lowest BCUT2D eigenvalue weighted by Gasteiger charge is -2.26. The summed E-state index contributed by atoms with van der Waals surface area (Å²) in [6, 6.07) is 4.95. The molecule has 0 atom stereocenters. The largest absolute Gasteiger partial charge is 0.311 e. The molecule has 0 bridgehead atoms. The lowest BCUT2D eigenvalue weighted by molar-refractivity contribution is -0.385. The maximum absolute atomic E-state index is 10.7. The number of hydrogen-bond donors (Lipinski definition) is 1. The number of hydrogen-bond acceptors (Lipinski definition) is 3. The molecule has 0 saturated heterocycles. The second kappa shape index (κ2) is 3.98. The molecule has 82 valence electrons. The maximum atomic E-state index is 10.7. The summed E-state index contributed by atoms with van der Waals surface area (Å²) in [5, 5.41) is 13.8. The Labute approximate surface area is 89.5 Å². The summed E-state index contributed by atoms with van der Waals surface area (Å²) in [7, 11) is 1.85. The third kappa shape index (κ3) is 2.33. The number of rotatable bonds is 3. The Balaban J connectivity index is 3.28. The smallest absolute Gasteiger partial charge is 0.269 e. The van der Waals surface area contributed by atoms with Gasteiger partial charge in [-0.25, -0.2) is 0 Å². The van der Waals surface area contributed by atoms with E-state index in [4.69, 9.17) is 0 Å². The molecule has 1 N–H and O–H groups in total. The minimum absolute atomic E-state index is 0.138. The van der Waals surface area contributed by atoms with Crippen molar-refractivity contribution in [3.05, 3.63) is 39.4 Å². The van der Waals surface area contributed by atoms with Gasteiger partial charge in [-0.3, -0.25) is 10.1 Å². The van der Waals surface area contributed by atoms with Gasteiger partial charge in [0.15, 0.2) is 0 Å². The molecule has 0 heterocycles. The molecule has 0 fully saturated rings. The number of benzene rings is 1. The van der Waals surface area contributed by atoms with Crippen LogP contribution in [0.2, 0.25) is 0 Å². The Morgan fingerprint density at radius 1 is 1.40 bits per heavy atom. The summed E-state index contributed by atoms with van der Waals surface area (Å²) in [6.07, 6.45) is 0. The second-order valence-corrected chi connectivity index (χ2v) is 4.13. The predicted molar refractivity (Wildman–Crippen MR) is 59.9 cm³/mol. The van der Waals surface area contributed by atoms with Crippen molar-refractivity contribution in [2.24, 2.45) is 0 Å². The van der Waals surface area contributed by atoms with Crippen LogP contribution in [-0.4, -0.2) is 12.0 Å². The monoisotopic (exact) mass is 208 g/mol. The Morgan fingerprint density at radius 2 is 2.00 bits per heavy atom. The molecule has 0 amide bonds. The maximum Gasteiger partial charge on any atom is 0.269 e.